The van der Waals surface area contributed by atoms with E-state index in [1.165, 1.54) is 0 Å². The van der Waals surface area contributed by atoms with Gasteiger partial charge in [-0.15, -0.1) is 0 Å². The van der Waals surface area contributed by atoms with E-state index in [4.69, 9.17) is 9.47 Å². The SMILES string of the molecule is COc1ccc2c(c1)C(S)CCO2. The molecule has 0 saturated carbocycles. The van der Waals surface area contributed by atoms with Crippen LogP contribution >= 0.6 is 12.6 Å². The Morgan fingerprint density at radius 1 is 1.54 bits per heavy atom. The summed E-state index contributed by atoms with van der Waals surface area (Å²) in [7, 11) is 1.67. The molecule has 0 fully saturated rings. The van der Waals surface area contributed by atoms with E-state index in [0.29, 0.717) is 0 Å². The van der Waals surface area contributed by atoms with Gasteiger partial charge >= 0.3 is 0 Å². The second-order valence-corrected chi connectivity index (χ2v) is 3.68. The fourth-order valence-corrected chi connectivity index (χ4v) is 1.79. The summed E-state index contributed by atoms with van der Waals surface area (Å²) >= 11 is 4.49. The van der Waals surface area contributed by atoms with E-state index in [1.54, 1.807) is 7.11 Å². The van der Waals surface area contributed by atoms with Crippen LogP contribution in [0.25, 0.3) is 0 Å². The molecule has 1 aliphatic heterocycles. The first kappa shape index (κ1) is 8.75. The van der Waals surface area contributed by atoms with Crippen molar-refractivity contribution in [1.29, 1.82) is 0 Å². The van der Waals surface area contributed by atoms with Crippen molar-refractivity contribution in [2.45, 2.75) is 11.7 Å². The number of hydrogen-bond donors (Lipinski definition) is 1. The summed E-state index contributed by atoms with van der Waals surface area (Å²) in [5, 5.41) is 0.277. The molecule has 0 saturated heterocycles. The van der Waals surface area contributed by atoms with Gasteiger partial charge in [-0.25, -0.2) is 0 Å². The average molecular weight is 196 g/mol. The van der Waals surface area contributed by atoms with Gasteiger partial charge in [-0.3, -0.25) is 0 Å². The van der Waals surface area contributed by atoms with Crippen LogP contribution in [0.3, 0.4) is 0 Å². The second-order valence-electron chi connectivity index (χ2n) is 3.06. The minimum absolute atomic E-state index is 0.277. The standard InChI is InChI=1S/C10H12O2S/c1-11-7-2-3-9-8(6-7)10(13)4-5-12-9/h2-3,6,10,13H,4-5H2,1H3. The van der Waals surface area contributed by atoms with E-state index in [-0.39, 0.29) is 5.25 Å². The summed E-state index contributed by atoms with van der Waals surface area (Å²) < 4.78 is 10.6. The Hall–Kier alpha value is -0.830. The molecule has 0 aliphatic carbocycles. The van der Waals surface area contributed by atoms with Gasteiger partial charge in [-0.05, 0) is 24.6 Å². The summed E-state index contributed by atoms with van der Waals surface area (Å²) in [5.41, 5.74) is 1.13. The molecule has 1 atom stereocenters. The van der Waals surface area contributed by atoms with E-state index in [2.05, 4.69) is 12.6 Å². The van der Waals surface area contributed by atoms with Gasteiger partial charge in [0.15, 0.2) is 0 Å². The van der Waals surface area contributed by atoms with Crippen LogP contribution in [0.1, 0.15) is 17.2 Å². The minimum Gasteiger partial charge on any atom is -0.497 e. The molecule has 0 aromatic heterocycles. The van der Waals surface area contributed by atoms with Crippen LogP contribution in [-0.2, 0) is 0 Å². The van der Waals surface area contributed by atoms with Crippen molar-refractivity contribution in [2.24, 2.45) is 0 Å². The normalized spacial score (nSPS) is 20.3. The van der Waals surface area contributed by atoms with Crippen molar-refractivity contribution in [3.8, 4) is 11.5 Å². The molecule has 1 aromatic carbocycles. The van der Waals surface area contributed by atoms with Crippen LogP contribution < -0.4 is 9.47 Å². The van der Waals surface area contributed by atoms with Crippen LogP contribution in [0, 0.1) is 0 Å². The van der Waals surface area contributed by atoms with Crippen molar-refractivity contribution in [3.05, 3.63) is 23.8 Å². The first-order chi connectivity index (χ1) is 6.31. The highest BCUT2D eigenvalue weighted by atomic mass is 32.1. The van der Waals surface area contributed by atoms with Crippen molar-refractivity contribution >= 4 is 12.6 Å². The van der Waals surface area contributed by atoms with E-state index >= 15 is 0 Å². The Morgan fingerprint density at radius 3 is 3.15 bits per heavy atom. The third-order valence-electron chi connectivity index (χ3n) is 2.22. The highest BCUT2D eigenvalue weighted by molar-refractivity contribution is 7.80. The van der Waals surface area contributed by atoms with Gasteiger partial charge in [0, 0.05) is 10.8 Å². The zero-order valence-corrected chi connectivity index (χ0v) is 8.38. The fraction of sp³-hybridized carbons (Fsp3) is 0.400. The van der Waals surface area contributed by atoms with Crippen molar-refractivity contribution < 1.29 is 9.47 Å². The molecule has 70 valence electrons. The van der Waals surface area contributed by atoms with E-state index in [0.717, 1.165) is 30.1 Å². The molecule has 0 radical (unpaired) electrons. The lowest BCUT2D eigenvalue weighted by Crippen LogP contribution is -2.10. The maximum Gasteiger partial charge on any atom is 0.123 e. The number of fused-ring (bicyclic) bond motifs is 1. The predicted octanol–water partition coefficient (Wildman–Crippen LogP) is 2.45. The molecular formula is C10H12O2S. The Kier molecular flexibility index (Phi) is 2.36. The molecule has 1 unspecified atom stereocenters. The molecule has 2 rings (SSSR count). The number of hydrogen-bond acceptors (Lipinski definition) is 3. The van der Waals surface area contributed by atoms with Crippen LogP contribution in [0.4, 0.5) is 0 Å². The van der Waals surface area contributed by atoms with E-state index < -0.39 is 0 Å². The smallest absolute Gasteiger partial charge is 0.123 e. The largest absolute Gasteiger partial charge is 0.497 e. The number of ether oxygens (including phenoxy) is 2. The number of benzene rings is 1. The van der Waals surface area contributed by atoms with E-state index in [9.17, 15) is 0 Å². The molecule has 0 N–H and O–H groups in total. The van der Waals surface area contributed by atoms with Crippen molar-refractivity contribution in [3.63, 3.8) is 0 Å². The topological polar surface area (TPSA) is 18.5 Å². The molecule has 0 amide bonds. The van der Waals surface area contributed by atoms with Gasteiger partial charge in [0.2, 0.25) is 0 Å². The predicted molar refractivity (Wildman–Crippen MR) is 54.8 cm³/mol. The highest BCUT2D eigenvalue weighted by Gasteiger charge is 2.18. The minimum atomic E-state index is 0.277. The zero-order valence-electron chi connectivity index (χ0n) is 7.49. The maximum atomic E-state index is 5.49. The average Bonchev–Trinajstić information content (AvgIpc) is 2.18. The van der Waals surface area contributed by atoms with Crippen LogP contribution in [0.2, 0.25) is 0 Å². The van der Waals surface area contributed by atoms with Gasteiger partial charge in [-0.2, -0.15) is 12.6 Å². The molecule has 1 aliphatic rings. The first-order valence-electron chi connectivity index (χ1n) is 4.30. The molecule has 1 aromatic rings. The summed E-state index contributed by atoms with van der Waals surface area (Å²) in [6.45, 7) is 0.757. The highest BCUT2D eigenvalue weighted by Crippen LogP contribution is 2.37. The quantitative estimate of drug-likeness (QED) is 0.695. The summed E-state index contributed by atoms with van der Waals surface area (Å²) in [5.74, 6) is 1.80. The Bertz CT molecular complexity index is 312. The summed E-state index contributed by atoms with van der Waals surface area (Å²) in [6, 6.07) is 5.84. The number of methoxy groups -OCH3 is 1. The second kappa shape index (κ2) is 3.50. The Balaban J connectivity index is 2.41. The fourth-order valence-electron chi connectivity index (χ4n) is 1.48. The molecule has 0 bridgehead atoms. The third kappa shape index (κ3) is 1.61. The Morgan fingerprint density at radius 2 is 2.38 bits per heavy atom. The van der Waals surface area contributed by atoms with Gasteiger partial charge in [0.25, 0.3) is 0 Å². The zero-order chi connectivity index (χ0) is 9.26. The molecular weight excluding hydrogens is 184 g/mol. The van der Waals surface area contributed by atoms with Crippen molar-refractivity contribution in [1.82, 2.24) is 0 Å². The van der Waals surface area contributed by atoms with E-state index in [1.807, 2.05) is 18.2 Å². The van der Waals surface area contributed by atoms with Gasteiger partial charge in [0.05, 0.1) is 13.7 Å². The lowest BCUT2D eigenvalue weighted by molar-refractivity contribution is 0.285. The molecule has 0 spiro atoms. The number of thiol groups is 1. The van der Waals surface area contributed by atoms with Gasteiger partial charge in [-0.1, -0.05) is 0 Å². The van der Waals surface area contributed by atoms with Crippen LogP contribution in [0.5, 0.6) is 11.5 Å². The summed E-state index contributed by atoms with van der Waals surface area (Å²) in [6.07, 6.45) is 0.962. The molecule has 13 heavy (non-hydrogen) atoms. The molecule has 1 heterocycles. The first-order valence-corrected chi connectivity index (χ1v) is 4.81. The summed E-state index contributed by atoms with van der Waals surface area (Å²) in [4.78, 5) is 0. The van der Waals surface area contributed by atoms with Crippen LogP contribution in [-0.4, -0.2) is 13.7 Å². The van der Waals surface area contributed by atoms with Crippen LogP contribution in [0.15, 0.2) is 18.2 Å². The lowest BCUT2D eigenvalue weighted by Gasteiger charge is -2.22. The monoisotopic (exact) mass is 196 g/mol. The molecule has 3 heteroatoms. The Labute approximate surface area is 83.3 Å². The van der Waals surface area contributed by atoms with Gasteiger partial charge in [0.1, 0.15) is 11.5 Å². The van der Waals surface area contributed by atoms with Crippen molar-refractivity contribution in [2.75, 3.05) is 13.7 Å². The number of rotatable bonds is 1. The lowest BCUT2D eigenvalue weighted by atomic mass is 10.1. The maximum absolute atomic E-state index is 5.49. The molecule has 2 nitrogen and oxygen atoms in total. The third-order valence-corrected chi connectivity index (χ3v) is 2.76. The van der Waals surface area contributed by atoms with Gasteiger partial charge < -0.3 is 9.47 Å².